The molecule has 5 nitrogen and oxygen atoms in total. The number of amides is 1. The Morgan fingerprint density at radius 2 is 1.83 bits per heavy atom. The fourth-order valence-electron chi connectivity index (χ4n) is 2.85. The van der Waals surface area contributed by atoms with Gasteiger partial charge in [0.05, 0.1) is 4.90 Å². The van der Waals surface area contributed by atoms with E-state index >= 15 is 0 Å². The summed E-state index contributed by atoms with van der Waals surface area (Å²) in [6.45, 7) is 5.65. The number of hydrogen-bond acceptors (Lipinski definition) is 3. The van der Waals surface area contributed by atoms with Crippen molar-refractivity contribution in [3.63, 3.8) is 0 Å². The lowest BCUT2D eigenvalue weighted by Crippen LogP contribution is -2.41. The highest BCUT2D eigenvalue weighted by atomic mass is 79.9. The second kappa shape index (κ2) is 8.45. The molecule has 0 spiro atoms. The van der Waals surface area contributed by atoms with Crippen molar-refractivity contribution in [2.75, 3.05) is 19.6 Å². The fourth-order valence-corrected chi connectivity index (χ4v) is 4.82. The fraction of sp³-hybridized carbons (Fsp3) is 0.588. The number of hydrogen-bond donors (Lipinski definition) is 0. The van der Waals surface area contributed by atoms with Crippen LogP contribution in [-0.2, 0) is 14.8 Å². The van der Waals surface area contributed by atoms with E-state index in [1.54, 1.807) is 24.3 Å². The highest BCUT2D eigenvalue weighted by Crippen LogP contribution is 2.22. The van der Waals surface area contributed by atoms with Gasteiger partial charge >= 0.3 is 0 Å². The van der Waals surface area contributed by atoms with Crippen molar-refractivity contribution in [2.24, 2.45) is 0 Å². The maximum absolute atomic E-state index is 13.0. The third kappa shape index (κ3) is 4.58. The third-order valence-corrected chi connectivity index (χ3v) is 7.06. The zero-order valence-corrected chi connectivity index (χ0v) is 16.6. The molecule has 1 aromatic carbocycles. The lowest BCUT2D eigenvalue weighted by molar-refractivity contribution is -0.130. The Bertz CT molecular complexity index is 655. The van der Waals surface area contributed by atoms with Gasteiger partial charge in [0.15, 0.2) is 0 Å². The second-order valence-corrected chi connectivity index (χ2v) is 8.97. The van der Waals surface area contributed by atoms with E-state index in [9.17, 15) is 13.2 Å². The molecule has 1 aliphatic heterocycles. The molecule has 2 rings (SSSR count). The summed E-state index contributed by atoms with van der Waals surface area (Å²) in [5.41, 5.74) is 0. The van der Waals surface area contributed by atoms with Crippen molar-refractivity contribution in [1.29, 1.82) is 0 Å². The maximum atomic E-state index is 13.0. The maximum Gasteiger partial charge on any atom is 0.243 e. The SMILES string of the molecule is CCC(C)N(CCC(=O)N1CCCC1)S(=O)(=O)c1ccc(Br)cc1. The van der Waals surface area contributed by atoms with Crippen molar-refractivity contribution in [3.8, 4) is 0 Å². The van der Waals surface area contributed by atoms with E-state index in [-0.39, 0.29) is 29.8 Å². The van der Waals surface area contributed by atoms with Crippen molar-refractivity contribution < 1.29 is 13.2 Å². The first-order valence-electron chi connectivity index (χ1n) is 8.41. The molecule has 1 fully saturated rings. The summed E-state index contributed by atoms with van der Waals surface area (Å²) in [4.78, 5) is 14.4. The molecule has 134 valence electrons. The first kappa shape index (κ1) is 19.4. The van der Waals surface area contributed by atoms with Crippen LogP contribution in [0.5, 0.6) is 0 Å². The number of carbonyl (C=O) groups is 1. The van der Waals surface area contributed by atoms with Gasteiger partial charge in [0.2, 0.25) is 15.9 Å². The zero-order chi connectivity index (χ0) is 17.7. The molecule has 7 heteroatoms. The van der Waals surface area contributed by atoms with Gasteiger partial charge in [-0.3, -0.25) is 4.79 Å². The van der Waals surface area contributed by atoms with Crippen molar-refractivity contribution in [1.82, 2.24) is 9.21 Å². The molecule has 1 unspecified atom stereocenters. The van der Waals surface area contributed by atoms with E-state index in [4.69, 9.17) is 0 Å². The molecule has 24 heavy (non-hydrogen) atoms. The highest BCUT2D eigenvalue weighted by Gasteiger charge is 2.29. The summed E-state index contributed by atoms with van der Waals surface area (Å²) in [5, 5.41) is 0. The molecule has 1 saturated heterocycles. The number of benzene rings is 1. The average Bonchev–Trinajstić information content (AvgIpc) is 3.09. The van der Waals surface area contributed by atoms with Gasteiger partial charge < -0.3 is 4.90 Å². The van der Waals surface area contributed by atoms with E-state index in [1.165, 1.54) is 4.31 Å². The van der Waals surface area contributed by atoms with Crippen molar-refractivity contribution in [3.05, 3.63) is 28.7 Å². The van der Waals surface area contributed by atoms with Crippen LogP contribution in [0.15, 0.2) is 33.6 Å². The van der Waals surface area contributed by atoms with E-state index in [2.05, 4.69) is 15.9 Å². The largest absolute Gasteiger partial charge is 0.343 e. The minimum absolute atomic E-state index is 0.0480. The molecular formula is C17H25BrN2O3S. The lowest BCUT2D eigenvalue weighted by atomic mass is 10.2. The number of carbonyl (C=O) groups excluding carboxylic acids is 1. The number of likely N-dealkylation sites (tertiary alicyclic amines) is 1. The Labute approximate surface area is 153 Å². The molecular weight excluding hydrogens is 392 g/mol. The van der Waals surface area contributed by atoms with Gasteiger partial charge in [-0.05, 0) is 50.5 Å². The molecule has 0 bridgehead atoms. The van der Waals surface area contributed by atoms with E-state index in [0.29, 0.717) is 6.42 Å². The van der Waals surface area contributed by atoms with Gasteiger partial charge in [0.25, 0.3) is 0 Å². The van der Waals surface area contributed by atoms with Crippen LogP contribution in [0.3, 0.4) is 0 Å². The average molecular weight is 417 g/mol. The molecule has 0 radical (unpaired) electrons. The molecule has 0 aromatic heterocycles. The normalized spacial score (nSPS) is 16.6. The van der Waals surface area contributed by atoms with Gasteiger partial charge in [-0.15, -0.1) is 0 Å². The summed E-state index contributed by atoms with van der Waals surface area (Å²) in [7, 11) is -3.61. The van der Waals surface area contributed by atoms with Gasteiger partial charge in [-0.25, -0.2) is 8.42 Å². The van der Waals surface area contributed by atoms with Crippen LogP contribution in [-0.4, -0.2) is 49.2 Å². The van der Waals surface area contributed by atoms with Crippen LogP contribution < -0.4 is 0 Å². The van der Waals surface area contributed by atoms with E-state index < -0.39 is 10.0 Å². The number of nitrogens with zero attached hydrogens (tertiary/aromatic N) is 2. The highest BCUT2D eigenvalue weighted by molar-refractivity contribution is 9.10. The van der Waals surface area contributed by atoms with Crippen LogP contribution in [0.25, 0.3) is 0 Å². The summed E-state index contributed by atoms with van der Waals surface area (Å²) >= 11 is 3.32. The molecule has 0 saturated carbocycles. The second-order valence-electron chi connectivity index (χ2n) is 6.16. The number of halogens is 1. The predicted octanol–water partition coefficient (Wildman–Crippen LogP) is 3.25. The van der Waals surface area contributed by atoms with Crippen molar-refractivity contribution >= 4 is 31.9 Å². The van der Waals surface area contributed by atoms with Crippen LogP contribution in [0.2, 0.25) is 0 Å². The zero-order valence-electron chi connectivity index (χ0n) is 14.2. The monoisotopic (exact) mass is 416 g/mol. The van der Waals surface area contributed by atoms with Crippen LogP contribution >= 0.6 is 15.9 Å². The van der Waals surface area contributed by atoms with Gasteiger partial charge in [-0.1, -0.05) is 22.9 Å². The molecule has 1 aromatic rings. The molecule has 0 aliphatic carbocycles. The first-order chi connectivity index (χ1) is 11.4. The minimum Gasteiger partial charge on any atom is -0.343 e. The van der Waals surface area contributed by atoms with Gasteiger partial charge in [0, 0.05) is 36.6 Å². The molecule has 0 N–H and O–H groups in total. The first-order valence-corrected chi connectivity index (χ1v) is 10.6. The number of rotatable bonds is 7. The Balaban J connectivity index is 2.14. The summed E-state index contributed by atoms with van der Waals surface area (Å²) in [6.07, 6.45) is 3.02. The van der Waals surface area contributed by atoms with Crippen LogP contribution in [0.1, 0.15) is 39.5 Å². The summed E-state index contributed by atoms with van der Waals surface area (Å²) in [5.74, 6) is 0.0480. The summed E-state index contributed by atoms with van der Waals surface area (Å²) < 4.78 is 28.2. The topological polar surface area (TPSA) is 57.7 Å². The molecule has 1 heterocycles. The quantitative estimate of drug-likeness (QED) is 0.685. The van der Waals surface area contributed by atoms with Gasteiger partial charge in [0.1, 0.15) is 0 Å². The minimum atomic E-state index is -3.61. The molecule has 1 amide bonds. The van der Waals surface area contributed by atoms with Gasteiger partial charge in [-0.2, -0.15) is 4.31 Å². The predicted molar refractivity (Wildman–Crippen MR) is 98.2 cm³/mol. The Kier molecular flexibility index (Phi) is 6.83. The Morgan fingerprint density at radius 3 is 2.38 bits per heavy atom. The summed E-state index contributed by atoms with van der Waals surface area (Å²) in [6, 6.07) is 6.48. The Hall–Kier alpha value is -0.920. The van der Waals surface area contributed by atoms with Crippen LogP contribution in [0.4, 0.5) is 0 Å². The van der Waals surface area contributed by atoms with Crippen LogP contribution in [0, 0.1) is 0 Å². The lowest BCUT2D eigenvalue weighted by Gasteiger charge is -2.28. The smallest absolute Gasteiger partial charge is 0.243 e. The number of sulfonamides is 1. The van der Waals surface area contributed by atoms with E-state index in [1.807, 2.05) is 18.7 Å². The van der Waals surface area contributed by atoms with Crippen molar-refractivity contribution in [2.45, 2.75) is 50.5 Å². The third-order valence-electron chi connectivity index (χ3n) is 4.51. The Morgan fingerprint density at radius 1 is 1.25 bits per heavy atom. The standard InChI is InChI=1S/C17H25BrN2O3S/c1-3-14(2)20(13-10-17(21)19-11-4-5-12-19)24(22,23)16-8-6-15(18)7-9-16/h6-9,14H,3-5,10-13H2,1-2H3. The van der Waals surface area contributed by atoms with E-state index in [0.717, 1.165) is 30.4 Å². The molecule has 1 atom stereocenters. The molecule has 1 aliphatic rings.